The van der Waals surface area contributed by atoms with E-state index < -0.39 is 10.0 Å². The van der Waals surface area contributed by atoms with Gasteiger partial charge >= 0.3 is 0 Å². The van der Waals surface area contributed by atoms with E-state index in [1.807, 2.05) is 13.8 Å². The standard InChI is InChI=1S/C12H18Br2N2O3S/c1-7(2)11(6-19-3)16-20(17,18)12-9(13)4-8(15)5-10(12)14/h4-5,7,11,16H,6,15H2,1-3H3. The van der Waals surface area contributed by atoms with Gasteiger partial charge in [0.15, 0.2) is 0 Å². The lowest BCUT2D eigenvalue weighted by molar-refractivity contribution is 0.157. The van der Waals surface area contributed by atoms with Gasteiger partial charge in [-0.2, -0.15) is 0 Å². The third-order valence-corrected chi connectivity index (χ3v) is 6.11. The first-order valence-electron chi connectivity index (χ1n) is 5.94. The van der Waals surface area contributed by atoms with E-state index in [1.54, 1.807) is 19.2 Å². The van der Waals surface area contributed by atoms with Gasteiger partial charge in [-0.05, 0) is 49.9 Å². The molecular weight excluding hydrogens is 412 g/mol. The van der Waals surface area contributed by atoms with Crippen LogP contribution in [0.25, 0.3) is 0 Å². The summed E-state index contributed by atoms with van der Waals surface area (Å²) in [5, 5.41) is 0. The minimum Gasteiger partial charge on any atom is -0.399 e. The smallest absolute Gasteiger partial charge is 0.243 e. The van der Waals surface area contributed by atoms with Crippen molar-refractivity contribution in [3.8, 4) is 0 Å². The third-order valence-electron chi connectivity index (χ3n) is 2.75. The molecule has 0 saturated heterocycles. The lowest BCUT2D eigenvalue weighted by Gasteiger charge is -2.22. The predicted molar refractivity (Wildman–Crippen MR) is 87.1 cm³/mol. The van der Waals surface area contributed by atoms with Crippen LogP contribution in [-0.4, -0.2) is 28.2 Å². The molecule has 0 fully saturated rings. The second kappa shape index (κ2) is 7.22. The number of rotatable bonds is 6. The van der Waals surface area contributed by atoms with Crippen LogP contribution in [0.3, 0.4) is 0 Å². The number of hydrogen-bond acceptors (Lipinski definition) is 4. The van der Waals surface area contributed by atoms with Crippen LogP contribution in [0.4, 0.5) is 5.69 Å². The lowest BCUT2D eigenvalue weighted by Crippen LogP contribution is -2.41. The highest BCUT2D eigenvalue weighted by Gasteiger charge is 2.26. The molecule has 1 aromatic rings. The van der Waals surface area contributed by atoms with Crippen molar-refractivity contribution < 1.29 is 13.2 Å². The molecule has 0 bridgehead atoms. The Balaban J connectivity index is 3.17. The summed E-state index contributed by atoms with van der Waals surface area (Å²) in [5.74, 6) is 0.107. The van der Waals surface area contributed by atoms with Crippen molar-refractivity contribution in [2.45, 2.75) is 24.8 Å². The number of methoxy groups -OCH3 is 1. The van der Waals surface area contributed by atoms with E-state index in [9.17, 15) is 8.42 Å². The highest BCUT2D eigenvalue weighted by Crippen LogP contribution is 2.32. The Labute approximate surface area is 136 Å². The van der Waals surface area contributed by atoms with Gasteiger partial charge in [-0.1, -0.05) is 13.8 Å². The van der Waals surface area contributed by atoms with Crippen LogP contribution in [0.1, 0.15) is 13.8 Å². The highest BCUT2D eigenvalue weighted by molar-refractivity contribution is 9.11. The molecule has 0 saturated carbocycles. The fourth-order valence-electron chi connectivity index (χ4n) is 1.64. The first-order valence-corrected chi connectivity index (χ1v) is 9.01. The van der Waals surface area contributed by atoms with Gasteiger partial charge in [0.25, 0.3) is 0 Å². The Morgan fingerprint density at radius 1 is 1.30 bits per heavy atom. The maximum Gasteiger partial charge on any atom is 0.243 e. The van der Waals surface area contributed by atoms with Crippen LogP contribution in [0.2, 0.25) is 0 Å². The zero-order chi connectivity index (χ0) is 15.5. The molecule has 0 amide bonds. The van der Waals surface area contributed by atoms with E-state index in [0.29, 0.717) is 21.2 Å². The van der Waals surface area contributed by atoms with Crippen molar-refractivity contribution in [3.05, 3.63) is 21.1 Å². The number of sulfonamides is 1. The average molecular weight is 430 g/mol. The first-order chi connectivity index (χ1) is 9.19. The quantitative estimate of drug-likeness (QED) is 0.681. The molecule has 1 aromatic carbocycles. The van der Waals surface area contributed by atoms with E-state index in [4.69, 9.17) is 10.5 Å². The summed E-state index contributed by atoms with van der Waals surface area (Å²) >= 11 is 6.48. The van der Waals surface area contributed by atoms with E-state index in [2.05, 4.69) is 36.6 Å². The zero-order valence-corrected chi connectivity index (χ0v) is 15.5. The topological polar surface area (TPSA) is 81.4 Å². The Bertz CT molecular complexity index is 553. The van der Waals surface area contributed by atoms with Crippen molar-refractivity contribution >= 4 is 47.6 Å². The maximum atomic E-state index is 12.5. The van der Waals surface area contributed by atoms with Crippen molar-refractivity contribution in [1.82, 2.24) is 4.72 Å². The van der Waals surface area contributed by atoms with Gasteiger partial charge < -0.3 is 10.5 Å². The normalized spacial score (nSPS) is 13.7. The minimum absolute atomic E-state index is 0.107. The summed E-state index contributed by atoms with van der Waals surface area (Å²) in [6, 6.07) is 2.81. The molecule has 1 unspecified atom stereocenters. The third kappa shape index (κ3) is 4.42. The van der Waals surface area contributed by atoms with Crippen LogP contribution in [0.15, 0.2) is 26.0 Å². The second-order valence-corrected chi connectivity index (χ2v) is 8.10. The fraction of sp³-hybridized carbons (Fsp3) is 0.500. The van der Waals surface area contributed by atoms with Crippen molar-refractivity contribution in [2.24, 2.45) is 5.92 Å². The Morgan fingerprint density at radius 2 is 1.80 bits per heavy atom. The fourth-order valence-corrected chi connectivity index (χ4v) is 5.62. The van der Waals surface area contributed by atoms with Crippen LogP contribution < -0.4 is 10.5 Å². The van der Waals surface area contributed by atoms with Gasteiger partial charge in [-0.15, -0.1) is 0 Å². The SMILES string of the molecule is COCC(NS(=O)(=O)c1c(Br)cc(N)cc1Br)C(C)C. The van der Waals surface area contributed by atoms with Crippen LogP contribution >= 0.6 is 31.9 Å². The molecule has 20 heavy (non-hydrogen) atoms. The first kappa shape index (κ1) is 17.9. The van der Waals surface area contributed by atoms with Crippen LogP contribution in [-0.2, 0) is 14.8 Å². The Morgan fingerprint density at radius 3 is 2.20 bits per heavy atom. The molecule has 0 aliphatic heterocycles. The molecule has 8 heteroatoms. The molecule has 1 atom stereocenters. The predicted octanol–water partition coefficient (Wildman–Crippen LogP) is 2.74. The number of nitrogens with two attached hydrogens (primary N) is 1. The minimum atomic E-state index is -3.68. The second-order valence-electron chi connectivity index (χ2n) is 4.74. The zero-order valence-electron chi connectivity index (χ0n) is 11.5. The average Bonchev–Trinajstić information content (AvgIpc) is 2.25. The van der Waals surface area contributed by atoms with Crippen LogP contribution in [0.5, 0.6) is 0 Å². The summed E-state index contributed by atoms with van der Waals surface area (Å²) in [6.07, 6.45) is 0. The van der Waals surface area contributed by atoms with Gasteiger partial charge in [0.05, 0.1) is 6.61 Å². The monoisotopic (exact) mass is 428 g/mol. The number of benzene rings is 1. The molecule has 0 radical (unpaired) electrons. The molecule has 1 rings (SSSR count). The number of nitrogens with one attached hydrogen (secondary N) is 1. The van der Waals surface area contributed by atoms with Crippen molar-refractivity contribution in [1.29, 1.82) is 0 Å². The molecule has 0 aliphatic rings. The number of hydrogen-bond donors (Lipinski definition) is 2. The largest absolute Gasteiger partial charge is 0.399 e. The molecule has 0 aliphatic carbocycles. The van der Waals surface area contributed by atoms with Crippen molar-refractivity contribution in [2.75, 3.05) is 19.5 Å². The number of ether oxygens (including phenoxy) is 1. The highest BCUT2D eigenvalue weighted by atomic mass is 79.9. The molecule has 3 N–H and O–H groups in total. The summed E-state index contributed by atoms with van der Waals surface area (Å²) < 4.78 is 33.6. The van der Waals surface area contributed by atoms with E-state index in [0.717, 1.165) is 0 Å². The molecule has 0 heterocycles. The molecule has 0 aromatic heterocycles. The van der Waals surface area contributed by atoms with E-state index in [-0.39, 0.29) is 16.9 Å². The number of halogens is 2. The summed E-state index contributed by atoms with van der Waals surface area (Å²) in [7, 11) is -2.14. The van der Waals surface area contributed by atoms with Crippen LogP contribution in [0, 0.1) is 5.92 Å². The maximum absolute atomic E-state index is 12.5. The van der Waals surface area contributed by atoms with E-state index >= 15 is 0 Å². The molecule has 5 nitrogen and oxygen atoms in total. The van der Waals surface area contributed by atoms with Gasteiger partial charge in [0.2, 0.25) is 10.0 Å². The number of anilines is 1. The van der Waals surface area contributed by atoms with Gasteiger partial charge in [0, 0.05) is 27.8 Å². The van der Waals surface area contributed by atoms with Gasteiger partial charge in [0.1, 0.15) is 4.90 Å². The summed E-state index contributed by atoms with van der Waals surface area (Å²) in [5.41, 5.74) is 6.15. The summed E-state index contributed by atoms with van der Waals surface area (Å²) in [4.78, 5) is 0.133. The Kier molecular flexibility index (Phi) is 6.46. The molecule has 0 spiro atoms. The molecule has 114 valence electrons. The Hall–Kier alpha value is -0.150. The van der Waals surface area contributed by atoms with Gasteiger partial charge in [-0.3, -0.25) is 0 Å². The van der Waals surface area contributed by atoms with Crippen molar-refractivity contribution in [3.63, 3.8) is 0 Å². The number of nitrogen functional groups attached to an aromatic ring is 1. The van der Waals surface area contributed by atoms with Gasteiger partial charge in [-0.25, -0.2) is 13.1 Å². The lowest BCUT2D eigenvalue weighted by atomic mass is 10.1. The summed E-state index contributed by atoms with van der Waals surface area (Å²) in [6.45, 7) is 4.17. The molecular formula is C12H18Br2N2O3S. The van der Waals surface area contributed by atoms with E-state index in [1.165, 1.54) is 0 Å².